The molecule has 1 aliphatic carbocycles. The van der Waals surface area contributed by atoms with E-state index in [0.717, 1.165) is 30.5 Å². The Kier molecular flexibility index (Phi) is 7.10. The zero-order valence-corrected chi connectivity index (χ0v) is 19.0. The van der Waals surface area contributed by atoms with Gasteiger partial charge in [0, 0.05) is 36.0 Å². The van der Waals surface area contributed by atoms with E-state index in [1.807, 2.05) is 12.1 Å². The second-order valence-electron chi connectivity index (χ2n) is 8.31. The Morgan fingerprint density at radius 2 is 2.06 bits per heavy atom. The first-order valence-corrected chi connectivity index (χ1v) is 11.6. The van der Waals surface area contributed by atoms with E-state index in [-0.39, 0.29) is 35.3 Å². The van der Waals surface area contributed by atoms with Crippen LogP contribution in [0.1, 0.15) is 43.5 Å². The highest BCUT2D eigenvalue weighted by Gasteiger charge is 2.40. The first kappa shape index (κ1) is 22.7. The topological polar surface area (TPSA) is 64.4 Å². The van der Waals surface area contributed by atoms with Gasteiger partial charge >= 0.3 is 5.97 Å². The summed E-state index contributed by atoms with van der Waals surface area (Å²) in [5.74, 6) is -0.582. The molecule has 0 bridgehead atoms. The van der Waals surface area contributed by atoms with Crippen molar-refractivity contribution in [2.45, 2.75) is 44.0 Å². The predicted octanol–water partition coefficient (Wildman–Crippen LogP) is 3.69. The van der Waals surface area contributed by atoms with Crippen LogP contribution < -0.4 is 0 Å². The summed E-state index contributed by atoms with van der Waals surface area (Å²) in [5, 5.41) is 4.24. The highest BCUT2D eigenvalue weighted by atomic mass is 32.1. The number of thiol groups is 1. The van der Waals surface area contributed by atoms with Crippen LogP contribution in [0.2, 0.25) is 0 Å². The van der Waals surface area contributed by atoms with Gasteiger partial charge in [-0.3, -0.25) is 19.2 Å². The van der Waals surface area contributed by atoms with E-state index in [1.165, 1.54) is 6.07 Å². The van der Waals surface area contributed by atoms with Crippen molar-refractivity contribution in [2.75, 3.05) is 19.7 Å². The van der Waals surface area contributed by atoms with Crippen molar-refractivity contribution in [3.05, 3.63) is 59.2 Å². The Morgan fingerprint density at radius 3 is 2.78 bits per heavy atom. The molecule has 2 fully saturated rings. The average Bonchev–Trinajstić information content (AvgIpc) is 3.54. The molecule has 0 N–H and O–H groups in total. The average molecular weight is 458 g/mol. The van der Waals surface area contributed by atoms with Gasteiger partial charge in [-0.1, -0.05) is 18.2 Å². The van der Waals surface area contributed by atoms with Crippen LogP contribution in [0.15, 0.2) is 42.1 Å². The van der Waals surface area contributed by atoms with Crippen molar-refractivity contribution in [1.29, 1.82) is 0 Å². The quantitative estimate of drug-likeness (QED) is 0.484. The first-order chi connectivity index (χ1) is 15.5. The number of hydrogen-bond acceptors (Lipinski definition) is 6. The summed E-state index contributed by atoms with van der Waals surface area (Å²) in [7, 11) is 0. The minimum Gasteiger partial charge on any atom is -0.465 e. The third-order valence-corrected chi connectivity index (χ3v) is 6.57. The Hall–Kier alpha value is -2.45. The number of nitrogens with zero attached hydrogens (tertiary/aromatic N) is 3. The molecule has 1 saturated carbocycles. The number of carbonyl (C=O) groups is 2. The van der Waals surface area contributed by atoms with E-state index in [4.69, 9.17) is 17.4 Å². The Bertz CT molecular complexity index is 1020. The molecule has 170 valence electrons. The summed E-state index contributed by atoms with van der Waals surface area (Å²) in [5.41, 5.74) is 2.22. The molecule has 2 heterocycles. The molecule has 1 aliphatic heterocycles. The number of rotatable bonds is 8. The maximum absolute atomic E-state index is 14.7. The molecule has 2 aliphatic rings. The number of ether oxygens (including phenoxy) is 1. The van der Waals surface area contributed by atoms with Gasteiger partial charge in [-0.15, -0.1) is 0 Å². The summed E-state index contributed by atoms with van der Waals surface area (Å²) in [6, 6.07) is 7.78. The fraction of sp³-hybridized carbons (Fsp3) is 0.458. The molecule has 2 aromatic rings. The lowest BCUT2D eigenvalue weighted by atomic mass is 9.93. The zero-order valence-electron chi connectivity index (χ0n) is 18.1. The number of hydrogen-bond donors (Lipinski definition) is 1. The number of piperidine rings is 1. The minimum atomic E-state index is -0.600. The minimum absolute atomic E-state index is 0.00879. The van der Waals surface area contributed by atoms with Crippen molar-refractivity contribution in [3.8, 4) is 0 Å². The van der Waals surface area contributed by atoms with Gasteiger partial charge in [0.25, 0.3) is 0 Å². The van der Waals surface area contributed by atoms with Crippen LogP contribution in [0, 0.1) is 11.7 Å². The first-order valence-electron chi connectivity index (χ1n) is 11.1. The number of aromatic nitrogens is 2. The molecule has 1 aromatic heterocycles. The highest BCUT2D eigenvalue weighted by molar-refractivity contribution is 7.81. The van der Waals surface area contributed by atoms with Crippen molar-refractivity contribution >= 4 is 30.5 Å². The number of esters is 1. The van der Waals surface area contributed by atoms with Gasteiger partial charge in [0.15, 0.2) is 5.78 Å². The van der Waals surface area contributed by atoms with Gasteiger partial charge in [0.2, 0.25) is 0 Å². The summed E-state index contributed by atoms with van der Waals surface area (Å²) in [4.78, 5) is 27.1. The van der Waals surface area contributed by atoms with E-state index in [1.54, 1.807) is 36.0 Å². The van der Waals surface area contributed by atoms with E-state index in [9.17, 15) is 14.0 Å². The molecule has 0 radical (unpaired) electrons. The van der Waals surface area contributed by atoms with Crippen molar-refractivity contribution in [1.82, 2.24) is 14.7 Å². The molecule has 0 amide bonds. The molecule has 1 aromatic carbocycles. The van der Waals surface area contributed by atoms with E-state index >= 15 is 0 Å². The molecule has 4 rings (SSSR count). The van der Waals surface area contributed by atoms with Gasteiger partial charge in [-0.05, 0) is 50.0 Å². The van der Waals surface area contributed by atoms with Gasteiger partial charge in [-0.2, -0.15) is 17.7 Å². The third kappa shape index (κ3) is 5.13. The van der Waals surface area contributed by atoms with E-state index < -0.39 is 6.04 Å². The Balaban J connectivity index is 1.60. The molecular formula is C24H28FN3O3S. The van der Waals surface area contributed by atoms with Crippen molar-refractivity contribution in [3.63, 3.8) is 0 Å². The molecule has 1 saturated heterocycles. The molecule has 8 heteroatoms. The molecule has 0 spiro atoms. The Labute approximate surface area is 192 Å². The zero-order chi connectivity index (χ0) is 22.7. The fourth-order valence-electron chi connectivity index (χ4n) is 4.19. The fourth-order valence-corrected chi connectivity index (χ4v) is 4.46. The standard InChI is InChI=1S/C24H28FN3O3S/c1-2-31-22(29)15-28-18(9-11-26-28)13-17-14-27(12-10-21(17)32)23(24(30)16-7-8-16)19-5-3-4-6-20(19)25/h3-6,9,11,13,16,21,23,32H,2,7-8,10,12,14-15H2,1H3/b17-13+. The van der Waals surface area contributed by atoms with Crippen molar-refractivity contribution in [2.24, 2.45) is 5.92 Å². The van der Waals surface area contributed by atoms with Crippen LogP contribution in [0.3, 0.4) is 0 Å². The number of benzene rings is 1. The van der Waals surface area contributed by atoms with Crippen LogP contribution in [-0.4, -0.2) is 51.4 Å². The van der Waals surface area contributed by atoms with Crippen LogP contribution in [-0.2, 0) is 20.9 Å². The number of ketones is 1. The maximum Gasteiger partial charge on any atom is 0.327 e. The number of likely N-dealkylation sites (tertiary alicyclic amines) is 1. The highest BCUT2D eigenvalue weighted by Crippen LogP contribution is 2.39. The number of Topliss-reactive ketones (excluding diaryl/α,β-unsaturated/α-hetero) is 1. The van der Waals surface area contributed by atoms with Crippen LogP contribution in [0.25, 0.3) is 6.08 Å². The maximum atomic E-state index is 14.7. The summed E-state index contributed by atoms with van der Waals surface area (Å²) in [6.45, 7) is 3.26. The summed E-state index contributed by atoms with van der Waals surface area (Å²) < 4.78 is 21.3. The lowest BCUT2D eigenvalue weighted by Gasteiger charge is -2.37. The van der Waals surface area contributed by atoms with Gasteiger partial charge in [0.1, 0.15) is 12.4 Å². The second kappa shape index (κ2) is 10.0. The van der Waals surface area contributed by atoms with Crippen LogP contribution in [0.4, 0.5) is 4.39 Å². The van der Waals surface area contributed by atoms with Crippen LogP contribution in [0.5, 0.6) is 0 Å². The predicted molar refractivity (Wildman–Crippen MR) is 123 cm³/mol. The smallest absolute Gasteiger partial charge is 0.327 e. The van der Waals surface area contributed by atoms with Crippen molar-refractivity contribution < 1.29 is 18.7 Å². The Morgan fingerprint density at radius 1 is 1.28 bits per heavy atom. The third-order valence-electron chi connectivity index (χ3n) is 5.98. The number of carbonyl (C=O) groups excluding carboxylic acids is 2. The SMILES string of the molecule is CCOC(=O)Cn1nccc1/C=C1\CN(C(C(=O)C2CC2)c2ccccc2F)CCC1S. The summed E-state index contributed by atoms with van der Waals surface area (Å²) in [6.07, 6.45) is 6.10. The molecule has 6 nitrogen and oxygen atoms in total. The monoisotopic (exact) mass is 457 g/mol. The molecule has 2 atom stereocenters. The summed E-state index contributed by atoms with van der Waals surface area (Å²) >= 11 is 4.75. The lowest BCUT2D eigenvalue weighted by Crippen LogP contribution is -2.42. The molecule has 32 heavy (non-hydrogen) atoms. The van der Waals surface area contributed by atoms with E-state index in [0.29, 0.717) is 25.3 Å². The molecular weight excluding hydrogens is 429 g/mol. The van der Waals surface area contributed by atoms with Gasteiger partial charge < -0.3 is 4.74 Å². The normalized spacial score (nSPS) is 21.5. The number of halogens is 1. The lowest BCUT2D eigenvalue weighted by molar-refractivity contribution is -0.144. The second-order valence-corrected chi connectivity index (χ2v) is 8.94. The largest absolute Gasteiger partial charge is 0.465 e. The van der Waals surface area contributed by atoms with E-state index in [2.05, 4.69) is 10.00 Å². The van der Waals surface area contributed by atoms with Gasteiger partial charge in [0.05, 0.1) is 18.3 Å². The molecule has 2 unspecified atom stereocenters. The van der Waals surface area contributed by atoms with Crippen LogP contribution >= 0.6 is 12.6 Å². The van der Waals surface area contributed by atoms with Gasteiger partial charge in [-0.25, -0.2) is 4.39 Å².